The third kappa shape index (κ3) is 4.30. The smallest absolute Gasteiger partial charge is 0.119 e. The van der Waals surface area contributed by atoms with Crippen LogP contribution in [0.4, 0.5) is 0 Å². The molecular formula is C19H26O. The van der Waals surface area contributed by atoms with Crippen molar-refractivity contribution >= 4 is 0 Å². The molecule has 1 aliphatic rings. The van der Waals surface area contributed by atoms with E-state index in [2.05, 4.69) is 37.1 Å². The largest absolute Gasteiger partial charge is 0.494 e. The molecule has 1 nitrogen and oxygen atoms in total. The first kappa shape index (κ1) is 15.0. The average molecular weight is 270 g/mol. The van der Waals surface area contributed by atoms with Gasteiger partial charge in [0.15, 0.2) is 0 Å². The molecule has 1 aromatic rings. The van der Waals surface area contributed by atoms with Gasteiger partial charge in [0.2, 0.25) is 0 Å². The second kappa shape index (κ2) is 8.00. The summed E-state index contributed by atoms with van der Waals surface area (Å²) in [4.78, 5) is 0. The summed E-state index contributed by atoms with van der Waals surface area (Å²) in [6, 6.07) is 8.70. The molecule has 1 fully saturated rings. The molecule has 0 bridgehead atoms. The predicted octanol–water partition coefficient (Wildman–Crippen LogP) is 5.16. The summed E-state index contributed by atoms with van der Waals surface area (Å²) in [6.45, 7) is 3.05. The molecule has 108 valence electrons. The first-order valence-electron chi connectivity index (χ1n) is 8.02. The minimum Gasteiger partial charge on any atom is -0.494 e. The van der Waals surface area contributed by atoms with Gasteiger partial charge in [-0.1, -0.05) is 31.9 Å². The van der Waals surface area contributed by atoms with Gasteiger partial charge in [-0.3, -0.25) is 0 Å². The van der Waals surface area contributed by atoms with E-state index >= 15 is 0 Å². The molecule has 0 radical (unpaired) electrons. The Balaban J connectivity index is 1.81. The SMILES string of the molecule is C#C[C@H]1CC[C@H](c2ccc(OCCCCC)cc2)CC1. The Hall–Kier alpha value is -1.42. The fourth-order valence-electron chi connectivity index (χ4n) is 2.97. The van der Waals surface area contributed by atoms with E-state index in [0.717, 1.165) is 18.8 Å². The van der Waals surface area contributed by atoms with E-state index < -0.39 is 0 Å². The lowest BCUT2D eigenvalue weighted by atomic mass is 9.79. The normalized spacial score (nSPS) is 22.2. The Labute approximate surface area is 123 Å². The molecule has 0 heterocycles. The summed E-state index contributed by atoms with van der Waals surface area (Å²) in [7, 11) is 0. The highest BCUT2D eigenvalue weighted by Crippen LogP contribution is 2.35. The standard InChI is InChI=1S/C19H26O/c1-3-5-6-15-20-19-13-11-18(12-14-19)17-9-7-16(4-2)8-10-17/h2,11-14,16-17H,3,5-10,15H2,1H3/t16-,17-. The third-order valence-corrected chi connectivity index (χ3v) is 4.33. The molecule has 0 aliphatic heterocycles. The first-order valence-corrected chi connectivity index (χ1v) is 8.02. The van der Waals surface area contributed by atoms with Gasteiger partial charge in [0, 0.05) is 5.92 Å². The highest BCUT2D eigenvalue weighted by molar-refractivity contribution is 5.29. The maximum Gasteiger partial charge on any atom is 0.119 e. The molecular weight excluding hydrogens is 244 g/mol. The van der Waals surface area contributed by atoms with Crippen molar-refractivity contribution in [2.75, 3.05) is 6.61 Å². The monoisotopic (exact) mass is 270 g/mol. The molecule has 1 aromatic carbocycles. The maximum absolute atomic E-state index is 5.76. The molecule has 0 unspecified atom stereocenters. The first-order chi connectivity index (χ1) is 9.83. The van der Waals surface area contributed by atoms with Gasteiger partial charge in [-0.15, -0.1) is 12.3 Å². The van der Waals surface area contributed by atoms with Crippen LogP contribution in [0.3, 0.4) is 0 Å². The van der Waals surface area contributed by atoms with Crippen molar-refractivity contribution in [3.05, 3.63) is 29.8 Å². The lowest BCUT2D eigenvalue weighted by Gasteiger charge is -2.26. The minimum atomic E-state index is 0.507. The zero-order chi connectivity index (χ0) is 14.2. The van der Waals surface area contributed by atoms with Crippen molar-refractivity contribution in [3.63, 3.8) is 0 Å². The quantitative estimate of drug-likeness (QED) is 0.512. The number of ether oxygens (including phenoxy) is 1. The lowest BCUT2D eigenvalue weighted by molar-refractivity contribution is 0.306. The molecule has 1 saturated carbocycles. The number of unbranched alkanes of at least 4 members (excludes halogenated alkanes) is 2. The molecule has 0 aromatic heterocycles. The lowest BCUT2D eigenvalue weighted by Crippen LogP contribution is -2.11. The van der Waals surface area contributed by atoms with Crippen molar-refractivity contribution in [3.8, 4) is 18.1 Å². The fraction of sp³-hybridized carbons (Fsp3) is 0.579. The van der Waals surface area contributed by atoms with Crippen molar-refractivity contribution in [1.29, 1.82) is 0 Å². The second-order valence-electron chi connectivity index (χ2n) is 5.84. The Morgan fingerprint density at radius 1 is 1.10 bits per heavy atom. The number of benzene rings is 1. The topological polar surface area (TPSA) is 9.23 Å². The number of terminal acetylenes is 1. The summed E-state index contributed by atoms with van der Waals surface area (Å²) in [6.07, 6.45) is 14.0. The van der Waals surface area contributed by atoms with Crippen LogP contribution in [0.1, 0.15) is 63.4 Å². The molecule has 0 N–H and O–H groups in total. The van der Waals surface area contributed by atoms with Gasteiger partial charge in [-0.2, -0.15) is 0 Å². The van der Waals surface area contributed by atoms with Gasteiger partial charge in [0.25, 0.3) is 0 Å². The van der Waals surface area contributed by atoms with Crippen molar-refractivity contribution < 1.29 is 4.74 Å². The van der Waals surface area contributed by atoms with Crippen molar-refractivity contribution in [1.82, 2.24) is 0 Å². The molecule has 0 amide bonds. The van der Waals surface area contributed by atoms with Crippen LogP contribution in [-0.2, 0) is 0 Å². The van der Waals surface area contributed by atoms with E-state index in [9.17, 15) is 0 Å². The zero-order valence-electron chi connectivity index (χ0n) is 12.6. The summed E-state index contributed by atoms with van der Waals surface area (Å²) in [5, 5.41) is 0. The van der Waals surface area contributed by atoms with E-state index in [4.69, 9.17) is 11.2 Å². The van der Waals surface area contributed by atoms with Crippen LogP contribution in [0.5, 0.6) is 5.75 Å². The van der Waals surface area contributed by atoms with Gasteiger partial charge in [0.05, 0.1) is 6.61 Å². The summed E-state index contributed by atoms with van der Waals surface area (Å²) in [5.41, 5.74) is 1.45. The van der Waals surface area contributed by atoms with Crippen LogP contribution in [0.25, 0.3) is 0 Å². The highest BCUT2D eigenvalue weighted by atomic mass is 16.5. The number of hydrogen-bond acceptors (Lipinski definition) is 1. The molecule has 0 spiro atoms. The number of hydrogen-bond donors (Lipinski definition) is 0. The van der Waals surface area contributed by atoms with Crippen LogP contribution in [0.2, 0.25) is 0 Å². The van der Waals surface area contributed by atoms with Gasteiger partial charge >= 0.3 is 0 Å². The molecule has 1 heteroatoms. The van der Waals surface area contributed by atoms with E-state index in [-0.39, 0.29) is 0 Å². The fourth-order valence-corrected chi connectivity index (χ4v) is 2.97. The zero-order valence-corrected chi connectivity index (χ0v) is 12.6. The maximum atomic E-state index is 5.76. The van der Waals surface area contributed by atoms with Crippen LogP contribution in [-0.4, -0.2) is 6.61 Å². The highest BCUT2D eigenvalue weighted by Gasteiger charge is 2.20. The molecule has 1 aliphatic carbocycles. The van der Waals surface area contributed by atoms with Gasteiger partial charge in [-0.25, -0.2) is 0 Å². The van der Waals surface area contributed by atoms with Gasteiger partial charge in [-0.05, 0) is 55.7 Å². The molecule has 0 saturated heterocycles. The van der Waals surface area contributed by atoms with Crippen molar-refractivity contribution in [2.24, 2.45) is 5.92 Å². The molecule has 2 rings (SSSR count). The van der Waals surface area contributed by atoms with Crippen LogP contribution in [0.15, 0.2) is 24.3 Å². The van der Waals surface area contributed by atoms with Crippen molar-refractivity contribution in [2.45, 2.75) is 57.8 Å². The summed E-state index contributed by atoms with van der Waals surface area (Å²) < 4.78 is 5.76. The number of rotatable bonds is 6. The molecule has 20 heavy (non-hydrogen) atoms. The Morgan fingerprint density at radius 2 is 1.80 bits per heavy atom. The Bertz CT molecular complexity index is 418. The van der Waals surface area contributed by atoms with E-state index in [0.29, 0.717) is 11.8 Å². The van der Waals surface area contributed by atoms with E-state index in [1.165, 1.54) is 44.1 Å². The summed E-state index contributed by atoms with van der Waals surface area (Å²) in [5.74, 6) is 5.10. The van der Waals surface area contributed by atoms with E-state index in [1.807, 2.05) is 0 Å². The Kier molecular flexibility index (Phi) is 5.99. The van der Waals surface area contributed by atoms with Crippen LogP contribution < -0.4 is 4.74 Å². The van der Waals surface area contributed by atoms with Crippen LogP contribution >= 0.6 is 0 Å². The predicted molar refractivity (Wildman–Crippen MR) is 85.0 cm³/mol. The second-order valence-corrected chi connectivity index (χ2v) is 5.84. The van der Waals surface area contributed by atoms with E-state index in [1.54, 1.807) is 0 Å². The average Bonchev–Trinajstić information content (AvgIpc) is 2.52. The van der Waals surface area contributed by atoms with Gasteiger partial charge in [0.1, 0.15) is 5.75 Å². The Morgan fingerprint density at radius 3 is 2.40 bits per heavy atom. The van der Waals surface area contributed by atoms with Gasteiger partial charge < -0.3 is 4.74 Å². The molecule has 0 atom stereocenters. The minimum absolute atomic E-state index is 0.507. The summed E-state index contributed by atoms with van der Waals surface area (Å²) >= 11 is 0. The third-order valence-electron chi connectivity index (χ3n) is 4.33. The van der Waals surface area contributed by atoms with Crippen LogP contribution in [0, 0.1) is 18.3 Å².